The third-order valence-corrected chi connectivity index (χ3v) is 2.92. The lowest BCUT2D eigenvalue weighted by Gasteiger charge is -2.02. The van der Waals surface area contributed by atoms with Crippen molar-refractivity contribution in [2.45, 2.75) is 58.8 Å². The molecular weight excluding hydrogens is 202 g/mol. The Labute approximate surface area is 97.3 Å². The van der Waals surface area contributed by atoms with E-state index in [4.69, 9.17) is 0 Å². The lowest BCUT2D eigenvalue weighted by molar-refractivity contribution is -0.124. The minimum Gasteiger partial charge on any atom is -0.289 e. The fraction of sp³-hybridized carbons (Fsp3) is 0.692. The van der Waals surface area contributed by atoms with E-state index in [-0.39, 0.29) is 11.8 Å². The predicted octanol–water partition coefficient (Wildman–Crippen LogP) is 2.71. The maximum absolute atomic E-state index is 11.5. The second-order valence-corrected chi connectivity index (χ2v) is 4.30. The van der Waals surface area contributed by atoms with Crippen LogP contribution in [0.5, 0.6) is 0 Å². The van der Waals surface area contributed by atoms with E-state index in [1.807, 2.05) is 6.92 Å². The fourth-order valence-corrected chi connectivity index (χ4v) is 2.04. The van der Waals surface area contributed by atoms with Gasteiger partial charge in [0.1, 0.15) is 0 Å². The van der Waals surface area contributed by atoms with Gasteiger partial charge in [0.05, 0.1) is 0 Å². The first kappa shape index (κ1) is 12.9. The van der Waals surface area contributed by atoms with E-state index in [1.54, 1.807) is 0 Å². The summed E-state index contributed by atoms with van der Waals surface area (Å²) in [6, 6.07) is 0. The van der Waals surface area contributed by atoms with Crippen LogP contribution in [0.4, 0.5) is 0 Å². The summed E-state index contributed by atoms with van der Waals surface area (Å²) in [5.41, 5.74) is 1.46. The van der Waals surface area contributed by atoms with Crippen LogP contribution >= 0.6 is 0 Å². The second kappa shape index (κ2) is 6.46. The number of hydrogen-bond donors (Lipinski definition) is 1. The van der Waals surface area contributed by atoms with Crippen LogP contribution < -0.4 is 5.32 Å². The highest BCUT2D eigenvalue weighted by molar-refractivity contribution is 6.19. The molecule has 0 radical (unpaired) electrons. The Kier molecular flexibility index (Phi) is 5.23. The molecule has 0 spiro atoms. The van der Waals surface area contributed by atoms with Gasteiger partial charge in [0.2, 0.25) is 0 Å². The topological polar surface area (TPSA) is 46.2 Å². The Morgan fingerprint density at radius 2 is 1.44 bits per heavy atom. The van der Waals surface area contributed by atoms with Gasteiger partial charge in [-0.2, -0.15) is 0 Å². The number of unbranched alkanes of at least 4 members (excludes halogenated alkanes) is 3. The van der Waals surface area contributed by atoms with E-state index in [1.165, 1.54) is 12.8 Å². The Hall–Kier alpha value is -1.12. The van der Waals surface area contributed by atoms with Gasteiger partial charge in [-0.25, -0.2) is 0 Å². The van der Waals surface area contributed by atoms with Crippen LogP contribution in [-0.4, -0.2) is 11.8 Å². The smallest absolute Gasteiger partial charge is 0.254 e. The molecule has 90 valence electrons. The molecule has 1 aliphatic heterocycles. The Balaban J connectivity index is 2.57. The first-order valence-electron chi connectivity index (χ1n) is 6.28. The van der Waals surface area contributed by atoms with Gasteiger partial charge >= 0.3 is 0 Å². The average Bonchev–Trinajstić information content (AvgIpc) is 2.51. The van der Waals surface area contributed by atoms with Crippen molar-refractivity contribution in [3.63, 3.8) is 0 Å². The molecule has 0 atom stereocenters. The number of hydrogen-bond acceptors (Lipinski definition) is 2. The highest BCUT2D eigenvalue weighted by Gasteiger charge is 2.28. The fourth-order valence-electron chi connectivity index (χ4n) is 2.04. The molecule has 0 aromatic rings. The maximum Gasteiger partial charge on any atom is 0.254 e. The zero-order valence-corrected chi connectivity index (χ0v) is 10.3. The first-order chi connectivity index (χ1) is 7.70. The SMILES string of the molecule is CCCCCCC1=C(CCC)C(=O)NC1=O. The first-order valence-corrected chi connectivity index (χ1v) is 6.28. The molecule has 0 aromatic carbocycles. The van der Waals surface area contributed by atoms with Crippen LogP contribution in [0.15, 0.2) is 11.1 Å². The summed E-state index contributed by atoms with van der Waals surface area (Å²) in [5.74, 6) is -0.331. The van der Waals surface area contributed by atoms with Gasteiger partial charge in [0, 0.05) is 11.1 Å². The quantitative estimate of drug-likeness (QED) is 0.533. The predicted molar refractivity (Wildman–Crippen MR) is 63.8 cm³/mol. The summed E-state index contributed by atoms with van der Waals surface area (Å²) in [7, 11) is 0. The minimum absolute atomic E-state index is 0.162. The number of imide groups is 1. The Morgan fingerprint density at radius 3 is 2.00 bits per heavy atom. The Bertz CT molecular complexity index is 305. The van der Waals surface area contributed by atoms with Crippen LogP contribution in [0.2, 0.25) is 0 Å². The van der Waals surface area contributed by atoms with E-state index in [9.17, 15) is 9.59 Å². The highest BCUT2D eigenvalue weighted by atomic mass is 16.2. The van der Waals surface area contributed by atoms with E-state index < -0.39 is 0 Å². The number of carbonyl (C=O) groups excluding carboxylic acids is 2. The van der Waals surface area contributed by atoms with Gasteiger partial charge in [-0.1, -0.05) is 39.5 Å². The monoisotopic (exact) mass is 223 g/mol. The minimum atomic E-state index is -0.169. The molecule has 3 heteroatoms. The molecule has 0 saturated carbocycles. The molecule has 0 aromatic heterocycles. The van der Waals surface area contributed by atoms with Crippen LogP contribution in [0.3, 0.4) is 0 Å². The van der Waals surface area contributed by atoms with Crippen molar-refractivity contribution >= 4 is 11.8 Å². The molecule has 0 fully saturated rings. The lowest BCUT2D eigenvalue weighted by Crippen LogP contribution is -2.23. The maximum atomic E-state index is 11.5. The third kappa shape index (κ3) is 3.19. The van der Waals surface area contributed by atoms with Gasteiger partial charge in [-0.05, 0) is 19.3 Å². The molecule has 1 heterocycles. The number of rotatable bonds is 7. The molecule has 0 bridgehead atoms. The number of carbonyl (C=O) groups is 2. The van der Waals surface area contributed by atoms with Gasteiger partial charge in [-0.15, -0.1) is 0 Å². The van der Waals surface area contributed by atoms with Crippen molar-refractivity contribution in [3.05, 3.63) is 11.1 Å². The highest BCUT2D eigenvalue weighted by Crippen LogP contribution is 2.22. The lowest BCUT2D eigenvalue weighted by atomic mass is 10.00. The molecule has 3 nitrogen and oxygen atoms in total. The molecule has 0 aliphatic carbocycles. The van der Waals surface area contributed by atoms with Crippen molar-refractivity contribution in [2.24, 2.45) is 0 Å². The molecule has 1 aliphatic rings. The van der Waals surface area contributed by atoms with Gasteiger partial charge in [0.25, 0.3) is 11.8 Å². The number of nitrogens with one attached hydrogen (secondary N) is 1. The van der Waals surface area contributed by atoms with Gasteiger partial charge < -0.3 is 0 Å². The molecule has 16 heavy (non-hydrogen) atoms. The van der Waals surface area contributed by atoms with Crippen molar-refractivity contribution in [1.29, 1.82) is 0 Å². The van der Waals surface area contributed by atoms with Crippen LogP contribution in [0.1, 0.15) is 58.8 Å². The summed E-state index contributed by atoms with van der Waals surface area (Å²) < 4.78 is 0. The van der Waals surface area contributed by atoms with E-state index >= 15 is 0 Å². The third-order valence-electron chi connectivity index (χ3n) is 2.92. The van der Waals surface area contributed by atoms with E-state index in [0.29, 0.717) is 0 Å². The van der Waals surface area contributed by atoms with E-state index in [0.717, 1.165) is 43.3 Å². The standard InChI is InChI=1S/C13H21NO2/c1-3-5-6-7-9-11-10(8-4-2)12(15)14-13(11)16/h3-9H2,1-2H3,(H,14,15,16). The van der Waals surface area contributed by atoms with Crippen molar-refractivity contribution in [1.82, 2.24) is 5.32 Å². The summed E-state index contributed by atoms with van der Waals surface area (Å²) >= 11 is 0. The van der Waals surface area contributed by atoms with Crippen molar-refractivity contribution < 1.29 is 9.59 Å². The molecule has 0 unspecified atom stereocenters. The van der Waals surface area contributed by atoms with Crippen LogP contribution in [0, 0.1) is 0 Å². The Morgan fingerprint density at radius 1 is 0.812 bits per heavy atom. The van der Waals surface area contributed by atoms with Crippen LogP contribution in [-0.2, 0) is 9.59 Å². The molecule has 0 saturated heterocycles. The summed E-state index contributed by atoms with van der Waals surface area (Å²) in [4.78, 5) is 23.0. The van der Waals surface area contributed by atoms with E-state index in [2.05, 4.69) is 12.2 Å². The largest absolute Gasteiger partial charge is 0.289 e. The van der Waals surface area contributed by atoms with Crippen molar-refractivity contribution in [2.75, 3.05) is 0 Å². The summed E-state index contributed by atoms with van der Waals surface area (Å²) in [5, 5.41) is 2.39. The van der Waals surface area contributed by atoms with Gasteiger partial charge in [0.15, 0.2) is 0 Å². The number of amides is 2. The normalized spacial score (nSPS) is 15.9. The molecule has 1 N–H and O–H groups in total. The zero-order chi connectivity index (χ0) is 12.0. The molecular formula is C13H21NO2. The molecule has 1 rings (SSSR count). The average molecular weight is 223 g/mol. The second-order valence-electron chi connectivity index (χ2n) is 4.30. The van der Waals surface area contributed by atoms with Crippen molar-refractivity contribution in [3.8, 4) is 0 Å². The zero-order valence-electron chi connectivity index (χ0n) is 10.3. The van der Waals surface area contributed by atoms with Crippen LogP contribution in [0.25, 0.3) is 0 Å². The summed E-state index contributed by atoms with van der Waals surface area (Å²) in [6.07, 6.45) is 6.93. The summed E-state index contributed by atoms with van der Waals surface area (Å²) in [6.45, 7) is 4.19. The van der Waals surface area contributed by atoms with Gasteiger partial charge in [-0.3, -0.25) is 14.9 Å². The molecule has 2 amide bonds.